The topological polar surface area (TPSA) is 12.0 Å². The van der Waals surface area contributed by atoms with Crippen LogP contribution in [-0.4, -0.2) is 6.54 Å². The van der Waals surface area contributed by atoms with E-state index in [0.717, 1.165) is 19.4 Å². The molecule has 1 unspecified atom stereocenters. The number of benzene rings is 2. The minimum atomic E-state index is 0.232. The van der Waals surface area contributed by atoms with Gasteiger partial charge in [0.1, 0.15) is 0 Å². The highest BCUT2D eigenvalue weighted by atomic mass is 14.9. The molecule has 1 heteroatoms. The van der Waals surface area contributed by atoms with Crippen molar-refractivity contribution in [3.63, 3.8) is 0 Å². The molecule has 1 N–H and O–H groups in total. The molecule has 1 nitrogen and oxygen atoms in total. The fourth-order valence-corrected chi connectivity index (χ4v) is 2.40. The first-order chi connectivity index (χ1) is 9.83. The third kappa shape index (κ3) is 3.73. The van der Waals surface area contributed by atoms with E-state index in [9.17, 15) is 0 Å². The Morgan fingerprint density at radius 1 is 1.05 bits per heavy atom. The van der Waals surface area contributed by atoms with Gasteiger partial charge >= 0.3 is 0 Å². The summed E-state index contributed by atoms with van der Waals surface area (Å²) in [4.78, 5) is 0. The zero-order valence-electron chi connectivity index (χ0n) is 12.0. The van der Waals surface area contributed by atoms with Gasteiger partial charge in [0, 0.05) is 6.42 Å². The van der Waals surface area contributed by atoms with Gasteiger partial charge in [0.15, 0.2) is 0 Å². The monoisotopic (exact) mass is 263 g/mol. The second kappa shape index (κ2) is 7.53. The maximum atomic E-state index is 5.31. The van der Waals surface area contributed by atoms with Crippen LogP contribution in [0.15, 0.2) is 54.6 Å². The van der Waals surface area contributed by atoms with Gasteiger partial charge in [0.2, 0.25) is 0 Å². The van der Waals surface area contributed by atoms with Crippen molar-refractivity contribution < 1.29 is 0 Å². The Kier molecular flexibility index (Phi) is 5.41. The van der Waals surface area contributed by atoms with Crippen LogP contribution in [0, 0.1) is 19.3 Å². The average molecular weight is 263 g/mol. The van der Waals surface area contributed by atoms with Gasteiger partial charge in [-0.1, -0.05) is 54.6 Å². The fraction of sp³-hybridized carbons (Fsp3) is 0.263. The van der Waals surface area contributed by atoms with Crippen LogP contribution >= 0.6 is 0 Å². The summed E-state index contributed by atoms with van der Waals surface area (Å²) < 4.78 is 0. The molecule has 0 bridgehead atoms. The smallest absolute Gasteiger partial charge is 0.0579 e. The Morgan fingerprint density at radius 3 is 2.45 bits per heavy atom. The first-order valence-corrected chi connectivity index (χ1v) is 7.10. The van der Waals surface area contributed by atoms with Crippen LogP contribution < -0.4 is 5.32 Å². The quantitative estimate of drug-likeness (QED) is 0.611. The molecule has 0 amide bonds. The zero-order chi connectivity index (χ0) is 14.2. The van der Waals surface area contributed by atoms with Crippen molar-refractivity contribution >= 4 is 0 Å². The minimum Gasteiger partial charge on any atom is -0.306 e. The second-order valence-corrected chi connectivity index (χ2v) is 4.96. The summed E-state index contributed by atoms with van der Waals surface area (Å²) in [6.07, 6.45) is 7.14. The maximum Gasteiger partial charge on any atom is 0.0579 e. The van der Waals surface area contributed by atoms with Gasteiger partial charge in [-0.15, -0.1) is 12.3 Å². The summed E-state index contributed by atoms with van der Waals surface area (Å²) in [6.45, 7) is 3.09. The van der Waals surface area contributed by atoms with Crippen LogP contribution in [0.1, 0.15) is 35.6 Å². The average Bonchev–Trinajstić information content (AvgIpc) is 2.49. The Labute approximate surface area is 122 Å². The molecule has 0 fully saturated rings. The van der Waals surface area contributed by atoms with Gasteiger partial charge in [-0.3, -0.25) is 0 Å². The zero-order valence-corrected chi connectivity index (χ0v) is 12.0. The summed E-state index contributed by atoms with van der Waals surface area (Å²) in [5.74, 6) is 2.69. The largest absolute Gasteiger partial charge is 0.306 e. The molecule has 102 valence electrons. The molecule has 2 aromatic carbocycles. The summed E-state index contributed by atoms with van der Waals surface area (Å²) in [5, 5.41) is 3.63. The molecule has 0 aliphatic rings. The predicted molar refractivity (Wildman–Crippen MR) is 85.5 cm³/mol. The summed E-state index contributed by atoms with van der Waals surface area (Å²) in [5.41, 5.74) is 3.94. The molecule has 0 radical (unpaired) electrons. The molecule has 0 heterocycles. The van der Waals surface area contributed by atoms with Crippen molar-refractivity contribution in [1.29, 1.82) is 0 Å². The Hall–Kier alpha value is -2.04. The molecule has 0 aliphatic carbocycles. The maximum absolute atomic E-state index is 5.31. The van der Waals surface area contributed by atoms with Crippen molar-refractivity contribution in [2.45, 2.75) is 25.8 Å². The highest BCUT2D eigenvalue weighted by Crippen LogP contribution is 2.24. The van der Waals surface area contributed by atoms with Gasteiger partial charge in [-0.2, -0.15) is 0 Å². The van der Waals surface area contributed by atoms with E-state index in [1.807, 2.05) is 0 Å². The number of terminal acetylenes is 1. The number of rotatable bonds is 6. The lowest BCUT2D eigenvalue weighted by Gasteiger charge is -2.21. The molecule has 0 saturated heterocycles. The standard InChI is InChI=1S/C19H21N/c1-3-4-10-15-20-19(17-12-6-5-7-13-17)18-14-9-8-11-16(18)2/h1,5-9,11-14,19-20H,4,10,15H2,2H3. The van der Waals surface area contributed by atoms with E-state index in [2.05, 4.69) is 72.8 Å². The van der Waals surface area contributed by atoms with Crippen LogP contribution in [0.5, 0.6) is 0 Å². The minimum absolute atomic E-state index is 0.232. The molecule has 2 aromatic rings. The first kappa shape index (κ1) is 14.4. The van der Waals surface area contributed by atoms with Gasteiger partial charge in [-0.05, 0) is 36.6 Å². The Morgan fingerprint density at radius 2 is 1.75 bits per heavy atom. The van der Waals surface area contributed by atoms with Crippen LogP contribution in [-0.2, 0) is 0 Å². The van der Waals surface area contributed by atoms with E-state index in [1.54, 1.807) is 0 Å². The molecule has 1 atom stereocenters. The van der Waals surface area contributed by atoms with Crippen LogP contribution in [0.4, 0.5) is 0 Å². The summed E-state index contributed by atoms with van der Waals surface area (Å²) >= 11 is 0. The van der Waals surface area contributed by atoms with E-state index >= 15 is 0 Å². The molecule has 20 heavy (non-hydrogen) atoms. The fourth-order valence-electron chi connectivity index (χ4n) is 2.40. The van der Waals surface area contributed by atoms with Crippen molar-refractivity contribution in [3.8, 4) is 12.3 Å². The van der Waals surface area contributed by atoms with E-state index < -0.39 is 0 Å². The number of nitrogens with one attached hydrogen (secondary N) is 1. The summed E-state index contributed by atoms with van der Waals surface area (Å²) in [6, 6.07) is 19.3. The number of hydrogen-bond acceptors (Lipinski definition) is 1. The number of unbranched alkanes of at least 4 members (excludes halogenated alkanes) is 1. The number of hydrogen-bond donors (Lipinski definition) is 1. The van der Waals surface area contributed by atoms with Crippen molar-refractivity contribution in [1.82, 2.24) is 5.32 Å². The predicted octanol–water partition coefficient (Wildman–Crippen LogP) is 4.09. The summed E-state index contributed by atoms with van der Waals surface area (Å²) in [7, 11) is 0. The van der Waals surface area contributed by atoms with Gasteiger partial charge in [0.25, 0.3) is 0 Å². The first-order valence-electron chi connectivity index (χ1n) is 7.10. The lowest BCUT2D eigenvalue weighted by Crippen LogP contribution is -2.24. The van der Waals surface area contributed by atoms with E-state index in [1.165, 1.54) is 16.7 Å². The van der Waals surface area contributed by atoms with E-state index in [-0.39, 0.29) is 6.04 Å². The third-order valence-corrected chi connectivity index (χ3v) is 3.48. The molecule has 0 aliphatic heterocycles. The molecule has 0 aromatic heterocycles. The van der Waals surface area contributed by atoms with Crippen LogP contribution in [0.3, 0.4) is 0 Å². The molecule has 0 saturated carbocycles. The highest BCUT2D eigenvalue weighted by molar-refractivity contribution is 5.36. The molecule has 0 spiro atoms. The van der Waals surface area contributed by atoms with E-state index in [0.29, 0.717) is 0 Å². The Balaban J connectivity index is 2.21. The van der Waals surface area contributed by atoms with Gasteiger partial charge < -0.3 is 5.32 Å². The number of aryl methyl sites for hydroxylation is 1. The van der Waals surface area contributed by atoms with Gasteiger partial charge in [0.05, 0.1) is 6.04 Å². The second-order valence-electron chi connectivity index (χ2n) is 4.96. The lowest BCUT2D eigenvalue weighted by atomic mass is 9.95. The SMILES string of the molecule is C#CCCCNC(c1ccccc1)c1ccccc1C. The van der Waals surface area contributed by atoms with Crippen LogP contribution in [0.25, 0.3) is 0 Å². The Bertz CT molecular complexity index is 566. The van der Waals surface area contributed by atoms with E-state index in [4.69, 9.17) is 6.42 Å². The van der Waals surface area contributed by atoms with Crippen molar-refractivity contribution in [2.24, 2.45) is 0 Å². The van der Waals surface area contributed by atoms with Crippen molar-refractivity contribution in [2.75, 3.05) is 6.54 Å². The van der Waals surface area contributed by atoms with Gasteiger partial charge in [-0.25, -0.2) is 0 Å². The normalized spacial score (nSPS) is 11.8. The highest BCUT2D eigenvalue weighted by Gasteiger charge is 2.14. The lowest BCUT2D eigenvalue weighted by molar-refractivity contribution is 0.587. The molecular weight excluding hydrogens is 242 g/mol. The molecular formula is C19H21N. The molecule has 2 rings (SSSR count). The van der Waals surface area contributed by atoms with Crippen LogP contribution in [0.2, 0.25) is 0 Å². The third-order valence-electron chi connectivity index (χ3n) is 3.48. The van der Waals surface area contributed by atoms with Crippen molar-refractivity contribution in [3.05, 3.63) is 71.3 Å².